The zero-order valence-electron chi connectivity index (χ0n) is 9.55. The average Bonchev–Trinajstić information content (AvgIpc) is 2.84. The Balaban J connectivity index is 2.26. The van der Waals surface area contributed by atoms with Crippen LogP contribution in [0.1, 0.15) is 18.7 Å². The Hall–Kier alpha value is -2.08. The van der Waals surface area contributed by atoms with Gasteiger partial charge in [0.1, 0.15) is 5.69 Å². The smallest absolute Gasteiger partial charge is 0.293 e. The first-order valence-corrected chi connectivity index (χ1v) is 5.65. The second kappa shape index (κ2) is 5.05. The number of anilines is 1. The number of aromatic nitrogens is 2. The predicted molar refractivity (Wildman–Crippen MR) is 68.7 cm³/mol. The molecule has 6 nitrogen and oxygen atoms in total. The standard InChI is InChI=1S/C11H11ClN4O2/c1-7(9-4-5-13-15-9)14-10-3-2-8(12)6-11(10)16(17)18/h2-7,14H,1H3,(H,13,15). The summed E-state index contributed by atoms with van der Waals surface area (Å²) in [6.45, 7) is 1.88. The van der Waals surface area contributed by atoms with Crippen LogP contribution in [-0.2, 0) is 0 Å². The Morgan fingerprint density at radius 1 is 1.50 bits per heavy atom. The number of rotatable bonds is 4. The van der Waals surface area contributed by atoms with Gasteiger partial charge in [-0.15, -0.1) is 0 Å². The van der Waals surface area contributed by atoms with Gasteiger partial charge in [-0.25, -0.2) is 0 Å². The molecule has 1 aromatic heterocycles. The second-order valence-electron chi connectivity index (χ2n) is 3.80. The molecule has 1 heterocycles. The molecule has 0 aliphatic heterocycles. The maximum absolute atomic E-state index is 10.9. The van der Waals surface area contributed by atoms with Crippen molar-refractivity contribution in [2.75, 3.05) is 5.32 Å². The number of benzene rings is 1. The fourth-order valence-corrected chi connectivity index (χ4v) is 1.76. The highest BCUT2D eigenvalue weighted by molar-refractivity contribution is 6.30. The number of nitro benzene ring substituents is 1. The van der Waals surface area contributed by atoms with Gasteiger partial charge in [0, 0.05) is 17.3 Å². The van der Waals surface area contributed by atoms with Crippen LogP contribution in [0.3, 0.4) is 0 Å². The molecular formula is C11H11ClN4O2. The normalized spacial score (nSPS) is 12.1. The number of nitrogens with zero attached hydrogens (tertiary/aromatic N) is 2. The first-order valence-electron chi connectivity index (χ1n) is 5.27. The van der Waals surface area contributed by atoms with Crippen molar-refractivity contribution in [2.45, 2.75) is 13.0 Å². The second-order valence-corrected chi connectivity index (χ2v) is 4.23. The van der Waals surface area contributed by atoms with E-state index in [9.17, 15) is 10.1 Å². The van der Waals surface area contributed by atoms with Gasteiger partial charge < -0.3 is 5.32 Å². The van der Waals surface area contributed by atoms with E-state index in [0.29, 0.717) is 10.7 Å². The van der Waals surface area contributed by atoms with Crippen molar-refractivity contribution in [3.05, 3.63) is 51.3 Å². The van der Waals surface area contributed by atoms with Gasteiger partial charge in [0.05, 0.1) is 16.7 Å². The highest BCUT2D eigenvalue weighted by Crippen LogP contribution is 2.30. The van der Waals surface area contributed by atoms with Crippen molar-refractivity contribution >= 4 is 23.0 Å². The van der Waals surface area contributed by atoms with Crippen LogP contribution in [0.25, 0.3) is 0 Å². The number of hydrogen-bond donors (Lipinski definition) is 2. The summed E-state index contributed by atoms with van der Waals surface area (Å²) in [7, 11) is 0. The molecule has 1 unspecified atom stereocenters. The van der Waals surface area contributed by atoms with Crippen LogP contribution < -0.4 is 5.32 Å². The maximum Gasteiger partial charge on any atom is 0.293 e. The lowest BCUT2D eigenvalue weighted by molar-refractivity contribution is -0.384. The lowest BCUT2D eigenvalue weighted by atomic mass is 10.2. The van der Waals surface area contributed by atoms with E-state index in [-0.39, 0.29) is 11.7 Å². The number of hydrogen-bond acceptors (Lipinski definition) is 4. The molecule has 2 N–H and O–H groups in total. The molecule has 1 atom stereocenters. The van der Waals surface area contributed by atoms with Crippen LogP contribution in [0.15, 0.2) is 30.5 Å². The zero-order chi connectivity index (χ0) is 13.1. The topological polar surface area (TPSA) is 83.8 Å². The third-order valence-electron chi connectivity index (χ3n) is 2.52. The van der Waals surface area contributed by atoms with Crippen molar-refractivity contribution < 1.29 is 4.92 Å². The van der Waals surface area contributed by atoms with Crippen LogP contribution in [0.2, 0.25) is 5.02 Å². The molecule has 0 saturated heterocycles. The summed E-state index contributed by atoms with van der Waals surface area (Å²) >= 11 is 5.75. The van der Waals surface area contributed by atoms with E-state index in [1.165, 1.54) is 6.07 Å². The fourth-order valence-electron chi connectivity index (χ4n) is 1.60. The fraction of sp³-hybridized carbons (Fsp3) is 0.182. The van der Waals surface area contributed by atoms with E-state index in [2.05, 4.69) is 15.5 Å². The summed E-state index contributed by atoms with van der Waals surface area (Å²) in [5, 5.41) is 21.0. The largest absolute Gasteiger partial charge is 0.371 e. The number of aromatic amines is 1. The summed E-state index contributed by atoms with van der Waals surface area (Å²) in [6.07, 6.45) is 1.63. The van der Waals surface area contributed by atoms with Gasteiger partial charge in [-0.2, -0.15) is 5.10 Å². The Labute approximate surface area is 108 Å². The SMILES string of the molecule is CC(Nc1ccc(Cl)cc1[N+](=O)[O-])c1ccn[nH]1. The van der Waals surface area contributed by atoms with Crippen molar-refractivity contribution in [1.29, 1.82) is 0 Å². The number of H-pyrrole nitrogens is 1. The lowest BCUT2D eigenvalue weighted by Crippen LogP contribution is -2.08. The minimum atomic E-state index is -0.464. The molecule has 2 rings (SSSR count). The molecule has 0 aliphatic rings. The van der Waals surface area contributed by atoms with Gasteiger partial charge in [0.25, 0.3) is 5.69 Å². The van der Waals surface area contributed by atoms with E-state index >= 15 is 0 Å². The zero-order valence-corrected chi connectivity index (χ0v) is 10.3. The van der Waals surface area contributed by atoms with E-state index in [1.54, 1.807) is 24.4 Å². The molecular weight excluding hydrogens is 256 g/mol. The first-order chi connectivity index (χ1) is 8.58. The minimum Gasteiger partial charge on any atom is -0.371 e. The quantitative estimate of drug-likeness (QED) is 0.658. The van der Waals surface area contributed by atoms with Crippen molar-refractivity contribution in [1.82, 2.24) is 10.2 Å². The summed E-state index contributed by atoms with van der Waals surface area (Å²) in [6, 6.07) is 6.21. The Morgan fingerprint density at radius 2 is 2.28 bits per heavy atom. The van der Waals surface area contributed by atoms with E-state index < -0.39 is 4.92 Å². The molecule has 2 aromatic rings. The first kappa shape index (κ1) is 12.4. The highest BCUT2D eigenvalue weighted by atomic mass is 35.5. The predicted octanol–water partition coefficient (Wildman–Crippen LogP) is 3.14. The van der Waals surface area contributed by atoms with E-state index in [4.69, 9.17) is 11.6 Å². The van der Waals surface area contributed by atoms with Gasteiger partial charge in [0.15, 0.2) is 0 Å². The summed E-state index contributed by atoms with van der Waals surface area (Å²) < 4.78 is 0. The van der Waals surface area contributed by atoms with Crippen LogP contribution in [0, 0.1) is 10.1 Å². The molecule has 0 saturated carbocycles. The van der Waals surface area contributed by atoms with Crippen LogP contribution in [0.5, 0.6) is 0 Å². The summed E-state index contributed by atoms with van der Waals surface area (Å²) in [4.78, 5) is 10.5. The van der Waals surface area contributed by atoms with Gasteiger partial charge in [-0.3, -0.25) is 15.2 Å². The van der Waals surface area contributed by atoms with E-state index in [0.717, 1.165) is 5.69 Å². The Kier molecular flexibility index (Phi) is 3.47. The van der Waals surface area contributed by atoms with Crippen molar-refractivity contribution in [3.8, 4) is 0 Å². The van der Waals surface area contributed by atoms with Crippen LogP contribution in [0.4, 0.5) is 11.4 Å². The summed E-state index contributed by atoms with van der Waals surface area (Å²) in [5.41, 5.74) is 1.22. The van der Waals surface area contributed by atoms with Gasteiger partial charge in [-0.05, 0) is 25.1 Å². The van der Waals surface area contributed by atoms with Gasteiger partial charge >= 0.3 is 0 Å². The monoisotopic (exact) mass is 266 g/mol. The molecule has 0 bridgehead atoms. The van der Waals surface area contributed by atoms with Crippen LogP contribution in [-0.4, -0.2) is 15.1 Å². The molecule has 94 valence electrons. The molecule has 0 radical (unpaired) electrons. The molecule has 0 aliphatic carbocycles. The van der Waals surface area contributed by atoms with E-state index in [1.807, 2.05) is 6.92 Å². The third kappa shape index (κ3) is 2.60. The third-order valence-corrected chi connectivity index (χ3v) is 2.75. The van der Waals surface area contributed by atoms with Gasteiger partial charge in [0.2, 0.25) is 0 Å². The van der Waals surface area contributed by atoms with Gasteiger partial charge in [-0.1, -0.05) is 11.6 Å². The minimum absolute atomic E-state index is 0.0473. The molecule has 18 heavy (non-hydrogen) atoms. The van der Waals surface area contributed by atoms with Crippen LogP contribution >= 0.6 is 11.6 Å². The Bertz CT molecular complexity index is 556. The molecule has 1 aromatic carbocycles. The molecule has 0 amide bonds. The Morgan fingerprint density at radius 3 is 2.89 bits per heavy atom. The van der Waals surface area contributed by atoms with Crippen molar-refractivity contribution in [2.24, 2.45) is 0 Å². The average molecular weight is 267 g/mol. The lowest BCUT2D eigenvalue weighted by Gasteiger charge is -2.13. The number of nitro groups is 1. The molecule has 7 heteroatoms. The molecule has 0 fully saturated rings. The summed E-state index contributed by atoms with van der Waals surface area (Å²) in [5.74, 6) is 0. The van der Waals surface area contributed by atoms with Crippen molar-refractivity contribution in [3.63, 3.8) is 0 Å². The maximum atomic E-state index is 10.9. The highest BCUT2D eigenvalue weighted by Gasteiger charge is 2.16. The molecule has 0 spiro atoms. The number of nitrogens with one attached hydrogen (secondary N) is 2. The number of halogens is 1.